The van der Waals surface area contributed by atoms with Gasteiger partial charge in [-0.15, -0.1) is 0 Å². The van der Waals surface area contributed by atoms with Gasteiger partial charge in [-0.25, -0.2) is 13.3 Å². The molecule has 0 spiro atoms. The highest BCUT2D eigenvalue weighted by molar-refractivity contribution is 9.10. The van der Waals surface area contributed by atoms with Crippen molar-refractivity contribution in [3.05, 3.63) is 79.5 Å². The fourth-order valence-corrected chi connectivity index (χ4v) is 3.50. The minimum atomic E-state index is -1.10. The van der Waals surface area contributed by atoms with Crippen LogP contribution in [0, 0.1) is 18.6 Å². The molecule has 0 fully saturated rings. The van der Waals surface area contributed by atoms with Crippen LogP contribution in [0.15, 0.2) is 45.7 Å². The van der Waals surface area contributed by atoms with Gasteiger partial charge in [0.25, 0.3) is 11.5 Å². The topological polar surface area (TPSA) is 126 Å². The maximum atomic E-state index is 13.9. The molecule has 186 valence electrons. The Kier molecular flexibility index (Phi) is 8.54. The third kappa shape index (κ3) is 6.02. The van der Waals surface area contributed by atoms with Crippen LogP contribution in [-0.2, 0) is 6.61 Å². The van der Waals surface area contributed by atoms with Crippen molar-refractivity contribution in [3.8, 4) is 11.6 Å². The molecular weight excluding hydrogens is 530 g/mol. The zero-order valence-electron chi connectivity index (χ0n) is 18.8. The molecule has 0 saturated carbocycles. The number of halogens is 3. The van der Waals surface area contributed by atoms with E-state index in [0.717, 1.165) is 12.1 Å². The Morgan fingerprint density at radius 2 is 2.00 bits per heavy atom. The van der Waals surface area contributed by atoms with Crippen LogP contribution in [0.2, 0.25) is 0 Å². The molecule has 0 aliphatic rings. The highest BCUT2D eigenvalue weighted by Crippen LogP contribution is 2.26. The van der Waals surface area contributed by atoms with E-state index in [9.17, 15) is 23.5 Å². The fourth-order valence-electron chi connectivity index (χ4n) is 3.12. The third-order valence-corrected chi connectivity index (χ3v) is 5.70. The molecule has 9 nitrogen and oxygen atoms in total. The Labute approximate surface area is 207 Å². The van der Waals surface area contributed by atoms with E-state index in [1.165, 1.54) is 23.7 Å². The van der Waals surface area contributed by atoms with E-state index >= 15 is 0 Å². The molecule has 1 heterocycles. The minimum absolute atomic E-state index is 0.0423. The number of aromatic nitrogens is 2. The zero-order chi connectivity index (χ0) is 25.7. The summed E-state index contributed by atoms with van der Waals surface area (Å²) in [6, 6.07) is 7.75. The molecule has 4 N–H and O–H groups in total. The molecule has 12 heteroatoms. The predicted molar refractivity (Wildman–Crippen MR) is 128 cm³/mol. The molecule has 3 rings (SSSR count). The number of nitrogens with zero attached hydrogens (tertiary/aromatic N) is 2. The normalized spacial score (nSPS) is 11.7. The van der Waals surface area contributed by atoms with Crippen LogP contribution in [0.3, 0.4) is 0 Å². The number of ether oxygens (including phenoxy) is 1. The van der Waals surface area contributed by atoms with Crippen LogP contribution in [0.5, 0.6) is 5.88 Å². The van der Waals surface area contributed by atoms with Crippen molar-refractivity contribution in [3.63, 3.8) is 0 Å². The maximum absolute atomic E-state index is 13.9. The third-order valence-electron chi connectivity index (χ3n) is 5.02. The number of aliphatic hydroxyl groups is 2. The number of benzene rings is 2. The SMILES string of the molecule is CNc1nc(OCc2ccc(F)cc2F)c(Br)c(=O)n1-c1cc(C(=O)NC[C@H](O)CO)ccc1C. The molecule has 1 aromatic heterocycles. The molecular formula is C23H23BrF2N4O5. The second-order valence-corrected chi connectivity index (χ2v) is 8.31. The van der Waals surface area contributed by atoms with Crippen molar-refractivity contribution in [2.24, 2.45) is 0 Å². The first-order chi connectivity index (χ1) is 16.7. The van der Waals surface area contributed by atoms with Gasteiger partial charge in [0.2, 0.25) is 11.8 Å². The lowest BCUT2D eigenvalue weighted by atomic mass is 10.1. The predicted octanol–water partition coefficient (Wildman–Crippen LogP) is 2.29. The minimum Gasteiger partial charge on any atom is -0.472 e. The fraction of sp³-hybridized carbons (Fsp3) is 0.261. The smallest absolute Gasteiger partial charge is 0.277 e. The number of aryl methyl sites for hydroxylation is 1. The Hall–Kier alpha value is -3.35. The van der Waals surface area contributed by atoms with E-state index in [1.54, 1.807) is 19.1 Å². The molecule has 0 saturated heterocycles. The summed E-state index contributed by atoms with van der Waals surface area (Å²) in [7, 11) is 1.54. The summed E-state index contributed by atoms with van der Waals surface area (Å²) >= 11 is 3.18. The van der Waals surface area contributed by atoms with Crippen LogP contribution in [0.4, 0.5) is 14.7 Å². The van der Waals surface area contributed by atoms with Gasteiger partial charge in [-0.05, 0) is 52.7 Å². The molecule has 2 aromatic carbocycles. The Morgan fingerprint density at radius 3 is 2.66 bits per heavy atom. The summed E-state index contributed by atoms with van der Waals surface area (Å²) in [5, 5.41) is 23.7. The first-order valence-electron chi connectivity index (χ1n) is 10.4. The summed E-state index contributed by atoms with van der Waals surface area (Å²) in [6.45, 7) is 0.809. The Bertz CT molecular complexity index is 1300. The van der Waals surface area contributed by atoms with Gasteiger partial charge >= 0.3 is 0 Å². The van der Waals surface area contributed by atoms with Gasteiger partial charge in [0.1, 0.15) is 22.7 Å². The highest BCUT2D eigenvalue weighted by atomic mass is 79.9. The standard InChI is InChI=1S/C23H23BrF2N4O5/c1-12-3-4-13(20(33)28-9-16(32)10-31)7-18(12)30-22(34)19(24)21(29-23(30)27-2)35-11-14-5-6-15(25)8-17(14)26/h3-8,16,31-32H,9-11H2,1-2H3,(H,27,29)(H,28,33)/t16-/m0/s1. The van der Waals surface area contributed by atoms with E-state index in [-0.39, 0.29) is 40.6 Å². The molecule has 0 bridgehead atoms. The first kappa shape index (κ1) is 26.3. The Balaban J connectivity index is 1.96. The lowest BCUT2D eigenvalue weighted by Gasteiger charge is -2.17. The van der Waals surface area contributed by atoms with Gasteiger partial charge < -0.3 is 25.6 Å². The van der Waals surface area contributed by atoms with E-state index in [0.29, 0.717) is 11.3 Å². The van der Waals surface area contributed by atoms with Crippen molar-refractivity contribution in [1.82, 2.24) is 14.9 Å². The van der Waals surface area contributed by atoms with Crippen molar-refractivity contribution >= 4 is 27.8 Å². The van der Waals surface area contributed by atoms with Gasteiger partial charge in [-0.2, -0.15) is 4.98 Å². The van der Waals surface area contributed by atoms with Crippen LogP contribution in [0.1, 0.15) is 21.5 Å². The summed E-state index contributed by atoms with van der Waals surface area (Å²) in [4.78, 5) is 30.0. The van der Waals surface area contributed by atoms with Crippen molar-refractivity contribution in [1.29, 1.82) is 0 Å². The van der Waals surface area contributed by atoms with E-state index in [2.05, 4.69) is 31.5 Å². The van der Waals surface area contributed by atoms with E-state index < -0.39 is 35.8 Å². The molecule has 0 radical (unpaired) electrons. The quantitative estimate of drug-likeness (QED) is 0.321. The second-order valence-electron chi connectivity index (χ2n) is 7.52. The highest BCUT2D eigenvalue weighted by Gasteiger charge is 2.20. The lowest BCUT2D eigenvalue weighted by Crippen LogP contribution is -2.34. The maximum Gasteiger partial charge on any atom is 0.277 e. The lowest BCUT2D eigenvalue weighted by molar-refractivity contribution is 0.0802. The van der Waals surface area contributed by atoms with Crippen LogP contribution in [0.25, 0.3) is 5.69 Å². The van der Waals surface area contributed by atoms with Crippen molar-refractivity contribution in [2.75, 3.05) is 25.5 Å². The number of carbonyl (C=O) groups excluding carboxylic acids is 1. The summed E-state index contributed by atoms with van der Waals surface area (Å²) < 4.78 is 33.8. The average Bonchev–Trinajstić information content (AvgIpc) is 2.84. The van der Waals surface area contributed by atoms with Gasteiger partial charge in [0.15, 0.2) is 0 Å². The number of nitrogens with one attached hydrogen (secondary N) is 2. The van der Waals surface area contributed by atoms with Crippen LogP contribution >= 0.6 is 15.9 Å². The van der Waals surface area contributed by atoms with E-state index in [4.69, 9.17) is 9.84 Å². The number of anilines is 1. The van der Waals surface area contributed by atoms with Crippen LogP contribution < -0.4 is 20.9 Å². The second kappa shape index (κ2) is 11.4. The molecule has 0 unspecified atom stereocenters. The van der Waals surface area contributed by atoms with Crippen molar-refractivity contribution < 1.29 is 28.5 Å². The Morgan fingerprint density at radius 1 is 1.26 bits per heavy atom. The zero-order valence-corrected chi connectivity index (χ0v) is 20.4. The molecule has 1 amide bonds. The number of amides is 1. The van der Waals surface area contributed by atoms with Gasteiger partial charge in [-0.1, -0.05) is 6.07 Å². The molecule has 35 heavy (non-hydrogen) atoms. The first-order valence-corrected chi connectivity index (χ1v) is 11.2. The molecule has 0 aliphatic carbocycles. The van der Waals surface area contributed by atoms with Gasteiger partial charge in [0.05, 0.1) is 18.4 Å². The number of carbonyl (C=O) groups is 1. The number of hydrogen-bond donors (Lipinski definition) is 4. The number of hydrogen-bond acceptors (Lipinski definition) is 7. The monoisotopic (exact) mass is 552 g/mol. The number of rotatable bonds is 9. The summed E-state index contributed by atoms with van der Waals surface area (Å²) in [5.41, 5.74) is 0.754. The molecule has 1 atom stereocenters. The largest absolute Gasteiger partial charge is 0.472 e. The van der Waals surface area contributed by atoms with E-state index in [1.807, 2.05) is 0 Å². The van der Waals surface area contributed by atoms with Gasteiger partial charge in [-0.3, -0.25) is 9.59 Å². The van der Waals surface area contributed by atoms with Gasteiger partial charge in [0, 0.05) is 30.8 Å². The molecule has 0 aliphatic heterocycles. The summed E-state index contributed by atoms with van der Waals surface area (Å²) in [5.74, 6) is -2.04. The van der Waals surface area contributed by atoms with Crippen molar-refractivity contribution in [2.45, 2.75) is 19.6 Å². The average molecular weight is 553 g/mol. The molecule has 3 aromatic rings. The van der Waals surface area contributed by atoms with Crippen LogP contribution in [-0.4, -0.2) is 52.0 Å². The summed E-state index contributed by atoms with van der Waals surface area (Å²) in [6.07, 6.45) is -1.10. The number of aliphatic hydroxyl groups excluding tert-OH is 2.